The Morgan fingerprint density at radius 3 is 2.42 bits per heavy atom. The molecule has 0 fully saturated rings. The minimum Gasteiger partial charge on any atom is -0.497 e. The van der Waals surface area contributed by atoms with Crippen LogP contribution in [0.2, 0.25) is 0 Å². The van der Waals surface area contributed by atoms with Crippen LogP contribution in [0.4, 0.5) is 0 Å². The molecule has 2 amide bonds. The summed E-state index contributed by atoms with van der Waals surface area (Å²) in [5, 5.41) is 5.78. The van der Waals surface area contributed by atoms with Gasteiger partial charge in [0, 0.05) is 24.1 Å². The zero-order chi connectivity index (χ0) is 19.4. The van der Waals surface area contributed by atoms with Crippen molar-refractivity contribution in [2.45, 2.75) is 57.4 Å². The van der Waals surface area contributed by atoms with Crippen LogP contribution in [-0.2, 0) is 9.59 Å². The van der Waals surface area contributed by atoms with Crippen LogP contribution in [-0.4, -0.2) is 37.3 Å². The van der Waals surface area contributed by atoms with E-state index in [1.807, 2.05) is 24.3 Å². The number of carbonyl (C=O) groups excluding carboxylic acids is 2. The molecule has 0 radical (unpaired) electrons. The summed E-state index contributed by atoms with van der Waals surface area (Å²) in [6, 6.07) is 7.13. The Morgan fingerprint density at radius 1 is 1.19 bits per heavy atom. The second-order valence-corrected chi connectivity index (χ2v) is 7.49. The molecule has 5 nitrogen and oxygen atoms in total. The van der Waals surface area contributed by atoms with E-state index in [1.54, 1.807) is 18.9 Å². The van der Waals surface area contributed by atoms with Crippen molar-refractivity contribution in [3.8, 4) is 5.75 Å². The maximum Gasteiger partial charge on any atom is 0.243 e. The van der Waals surface area contributed by atoms with Crippen molar-refractivity contribution in [1.82, 2.24) is 10.6 Å². The van der Waals surface area contributed by atoms with Gasteiger partial charge in [0.2, 0.25) is 11.8 Å². The van der Waals surface area contributed by atoms with Gasteiger partial charge in [-0.25, -0.2) is 0 Å². The van der Waals surface area contributed by atoms with Gasteiger partial charge in [0.05, 0.1) is 7.11 Å². The molecule has 0 bridgehead atoms. The Balaban J connectivity index is 2.57. The number of unbranched alkanes of at least 4 members (excludes halogenated alkanes) is 1. The van der Waals surface area contributed by atoms with Crippen molar-refractivity contribution < 1.29 is 14.3 Å². The Bertz CT molecular complexity index is 548. The molecule has 0 saturated heterocycles. The van der Waals surface area contributed by atoms with E-state index >= 15 is 0 Å². The average Bonchev–Trinajstić information content (AvgIpc) is 2.65. The predicted octanol–water partition coefficient (Wildman–Crippen LogP) is 3.62. The zero-order valence-electron chi connectivity index (χ0n) is 16.3. The standard InChI is InChI=1S/C20H32N2O3S/c1-5-7-8-16(6-2)13-21-20(24)19(22-15(3)23)14-26-18-11-9-17(25-4)10-12-18/h9-12,16,19H,5-8,13-14H2,1-4H3,(H,21,24)(H,22,23). The molecule has 1 aromatic carbocycles. The van der Waals surface area contributed by atoms with E-state index < -0.39 is 6.04 Å². The molecule has 2 atom stereocenters. The second-order valence-electron chi connectivity index (χ2n) is 6.40. The molecule has 0 aliphatic rings. The summed E-state index contributed by atoms with van der Waals surface area (Å²) in [5.74, 6) is 1.47. The van der Waals surface area contributed by atoms with Crippen LogP contribution < -0.4 is 15.4 Å². The van der Waals surface area contributed by atoms with Gasteiger partial charge in [0.15, 0.2) is 0 Å². The molecule has 26 heavy (non-hydrogen) atoms. The first-order valence-corrected chi connectivity index (χ1v) is 10.3. The van der Waals surface area contributed by atoms with Crippen molar-refractivity contribution in [3.05, 3.63) is 24.3 Å². The lowest BCUT2D eigenvalue weighted by Crippen LogP contribution is -2.48. The van der Waals surface area contributed by atoms with Crippen LogP contribution >= 0.6 is 11.8 Å². The summed E-state index contributed by atoms with van der Waals surface area (Å²) >= 11 is 1.54. The monoisotopic (exact) mass is 380 g/mol. The van der Waals surface area contributed by atoms with E-state index in [0.717, 1.165) is 29.9 Å². The summed E-state index contributed by atoms with van der Waals surface area (Å²) in [6.07, 6.45) is 4.51. The number of carbonyl (C=O) groups is 2. The van der Waals surface area contributed by atoms with E-state index in [0.29, 0.717) is 18.2 Å². The summed E-state index contributed by atoms with van der Waals surface area (Å²) in [5.41, 5.74) is 0. The van der Waals surface area contributed by atoms with E-state index in [2.05, 4.69) is 24.5 Å². The fourth-order valence-corrected chi connectivity index (χ4v) is 3.51. The largest absolute Gasteiger partial charge is 0.497 e. The van der Waals surface area contributed by atoms with Gasteiger partial charge in [-0.1, -0.05) is 33.1 Å². The van der Waals surface area contributed by atoms with Gasteiger partial charge in [0.25, 0.3) is 0 Å². The molecule has 146 valence electrons. The number of amides is 2. The van der Waals surface area contributed by atoms with Crippen molar-refractivity contribution in [3.63, 3.8) is 0 Å². The van der Waals surface area contributed by atoms with Gasteiger partial charge in [-0.05, 0) is 36.6 Å². The molecule has 0 aliphatic heterocycles. The molecule has 2 N–H and O–H groups in total. The van der Waals surface area contributed by atoms with Crippen molar-refractivity contribution in [2.24, 2.45) is 5.92 Å². The highest BCUT2D eigenvalue weighted by molar-refractivity contribution is 7.99. The molecule has 0 spiro atoms. The fraction of sp³-hybridized carbons (Fsp3) is 0.600. The minimum atomic E-state index is -0.539. The highest BCUT2D eigenvalue weighted by atomic mass is 32.2. The number of methoxy groups -OCH3 is 1. The highest BCUT2D eigenvalue weighted by Crippen LogP contribution is 2.22. The van der Waals surface area contributed by atoms with Crippen molar-refractivity contribution in [2.75, 3.05) is 19.4 Å². The Labute approximate surface area is 161 Å². The SMILES string of the molecule is CCCCC(CC)CNC(=O)C(CSc1ccc(OC)cc1)NC(C)=O. The van der Waals surface area contributed by atoms with Crippen LogP contribution in [0.1, 0.15) is 46.5 Å². The maximum atomic E-state index is 12.5. The van der Waals surface area contributed by atoms with Gasteiger partial charge in [-0.15, -0.1) is 11.8 Å². The Kier molecular flexibility index (Phi) is 10.9. The number of hydrogen-bond acceptors (Lipinski definition) is 4. The summed E-state index contributed by atoms with van der Waals surface area (Å²) in [6.45, 7) is 6.43. The first-order chi connectivity index (χ1) is 12.5. The zero-order valence-corrected chi connectivity index (χ0v) is 17.2. The number of nitrogens with one attached hydrogen (secondary N) is 2. The summed E-state index contributed by atoms with van der Waals surface area (Å²) < 4.78 is 5.15. The molecule has 0 heterocycles. The van der Waals surface area contributed by atoms with E-state index in [9.17, 15) is 9.59 Å². The third-order valence-corrected chi connectivity index (χ3v) is 5.38. The first-order valence-electron chi connectivity index (χ1n) is 9.31. The lowest BCUT2D eigenvalue weighted by molar-refractivity contribution is -0.127. The highest BCUT2D eigenvalue weighted by Gasteiger charge is 2.20. The van der Waals surface area contributed by atoms with Crippen molar-refractivity contribution >= 4 is 23.6 Å². The molecule has 2 unspecified atom stereocenters. The first kappa shape index (κ1) is 22.4. The molecule has 6 heteroatoms. The summed E-state index contributed by atoms with van der Waals surface area (Å²) in [7, 11) is 1.63. The molecule has 1 rings (SSSR count). The fourth-order valence-electron chi connectivity index (χ4n) is 2.59. The van der Waals surface area contributed by atoms with Crippen LogP contribution in [0, 0.1) is 5.92 Å². The predicted molar refractivity (Wildman–Crippen MR) is 108 cm³/mol. The molecule has 1 aromatic rings. The Hall–Kier alpha value is -1.69. The lowest BCUT2D eigenvalue weighted by Gasteiger charge is -2.20. The van der Waals surface area contributed by atoms with E-state index in [4.69, 9.17) is 4.74 Å². The number of hydrogen-bond donors (Lipinski definition) is 2. The van der Waals surface area contributed by atoms with Gasteiger partial charge in [-0.3, -0.25) is 9.59 Å². The maximum absolute atomic E-state index is 12.5. The second kappa shape index (κ2) is 12.6. The van der Waals surface area contributed by atoms with Crippen LogP contribution in [0.15, 0.2) is 29.2 Å². The van der Waals surface area contributed by atoms with Gasteiger partial charge < -0.3 is 15.4 Å². The third kappa shape index (κ3) is 8.61. The average molecular weight is 381 g/mol. The summed E-state index contributed by atoms with van der Waals surface area (Å²) in [4.78, 5) is 25.0. The van der Waals surface area contributed by atoms with E-state index in [-0.39, 0.29) is 11.8 Å². The minimum absolute atomic E-state index is 0.115. The lowest BCUT2D eigenvalue weighted by atomic mass is 9.99. The van der Waals surface area contributed by atoms with Crippen LogP contribution in [0.25, 0.3) is 0 Å². The molecule has 0 aliphatic carbocycles. The van der Waals surface area contributed by atoms with Gasteiger partial charge in [0.1, 0.15) is 11.8 Å². The molecular weight excluding hydrogens is 348 g/mol. The molecular formula is C20H32N2O3S. The van der Waals surface area contributed by atoms with E-state index in [1.165, 1.54) is 13.3 Å². The smallest absolute Gasteiger partial charge is 0.243 e. The van der Waals surface area contributed by atoms with Crippen molar-refractivity contribution in [1.29, 1.82) is 0 Å². The number of ether oxygens (including phenoxy) is 1. The third-order valence-electron chi connectivity index (χ3n) is 4.28. The molecule has 0 aromatic heterocycles. The van der Waals surface area contributed by atoms with Gasteiger partial charge >= 0.3 is 0 Å². The number of benzene rings is 1. The number of thioether (sulfide) groups is 1. The quantitative estimate of drug-likeness (QED) is 0.544. The van der Waals surface area contributed by atoms with Crippen LogP contribution in [0.5, 0.6) is 5.75 Å². The number of rotatable bonds is 12. The van der Waals surface area contributed by atoms with Gasteiger partial charge in [-0.2, -0.15) is 0 Å². The topological polar surface area (TPSA) is 67.4 Å². The normalized spacial score (nSPS) is 12.9. The van der Waals surface area contributed by atoms with Crippen LogP contribution in [0.3, 0.4) is 0 Å². The Morgan fingerprint density at radius 2 is 1.88 bits per heavy atom. The molecule has 0 saturated carbocycles.